The lowest BCUT2D eigenvalue weighted by Gasteiger charge is -2.10. The smallest absolute Gasteiger partial charge is 0.267 e. The first-order valence-corrected chi connectivity index (χ1v) is 7.81. The third-order valence-electron chi connectivity index (χ3n) is 3.86. The third-order valence-corrected chi connectivity index (χ3v) is 4.27. The summed E-state index contributed by atoms with van der Waals surface area (Å²) in [6.07, 6.45) is 1.41. The first-order chi connectivity index (χ1) is 11.4. The highest BCUT2D eigenvalue weighted by Crippen LogP contribution is 2.23. The van der Waals surface area contributed by atoms with Crippen LogP contribution in [-0.4, -0.2) is 5.91 Å². The number of nitrogens with one attached hydrogen (secondary N) is 2. The quantitative estimate of drug-likeness (QED) is 0.625. The highest BCUT2D eigenvalue weighted by molar-refractivity contribution is 6.31. The van der Waals surface area contributed by atoms with Gasteiger partial charge in [-0.25, -0.2) is 0 Å². The molecule has 1 amide bonds. The van der Waals surface area contributed by atoms with Crippen LogP contribution in [0.3, 0.4) is 0 Å². The third kappa shape index (κ3) is 3.95. The van der Waals surface area contributed by atoms with Crippen molar-refractivity contribution in [2.24, 2.45) is 0 Å². The number of amides is 1. The van der Waals surface area contributed by atoms with Gasteiger partial charge in [0, 0.05) is 22.6 Å². The van der Waals surface area contributed by atoms with Crippen molar-refractivity contribution >= 4 is 28.9 Å². The summed E-state index contributed by atoms with van der Waals surface area (Å²) in [7, 11) is 0. The second kappa shape index (κ2) is 7.67. The topological polar surface area (TPSA) is 64.9 Å². The number of benzene rings is 2. The van der Waals surface area contributed by atoms with Gasteiger partial charge in [-0.2, -0.15) is 5.26 Å². The normalized spacial score (nSPS) is 10.9. The number of halogens is 1. The van der Waals surface area contributed by atoms with Crippen molar-refractivity contribution in [1.82, 2.24) is 0 Å². The van der Waals surface area contributed by atoms with Gasteiger partial charge in [-0.3, -0.25) is 4.79 Å². The molecule has 2 N–H and O–H groups in total. The van der Waals surface area contributed by atoms with Crippen LogP contribution < -0.4 is 10.6 Å². The van der Waals surface area contributed by atoms with Crippen molar-refractivity contribution in [1.29, 1.82) is 5.26 Å². The molecule has 122 valence electrons. The van der Waals surface area contributed by atoms with Gasteiger partial charge >= 0.3 is 0 Å². The van der Waals surface area contributed by atoms with E-state index in [2.05, 4.69) is 10.6 Å². The van der Waals surface area contributed by atoms with E-state index in [0.717, 1.165) is 22.4 Å². The summed E-state index contributed by atoms with van der Waals surface area (Å²) in [6.45, 7) is 5.79. The molecule has 0 radical (unpaired) electrons. The van der Waals surface area contributed by atoms with E-state index in [1.54, 1.807) is 18.2 Å². The molecule has 2 rings (SSSR count). The van der Waals surface area contributed by atoms with E-state index in [9.17, 15) is 10.1 Å². The van der Waals surface area contributed by atoms with E-state index in [4.69, 9.17) is 11.6 Å². The van der Waals surface area contributed by atoms with Crippen molar-refractivity contribution < 1.29 is 4.79 Å². The Morgan fingerprint density at radius 1 is 1.08 bits per heavy atom. The maximum atomic E-state index is 12.3. The van der Waals surface area contributed by atoms with Gasteiger partial charge < -0.3 is 10.6 Å². The summed E-state index contributed by atoms with van der Waals surface area (Å²) < 4.78 is 0. The fourth-order valence-electron chi connectivity index (χ4n) is 2.14. The molecule has 0 fully saturated rings. The minimum absolute atomic E-state index is 0.0183. The number of carbonyl (C=O) groups is 1. The number of aryl methyl sites for hydroxylation is 1. The van der Waals surface area contributed by atoms with Gasteiger partial charge in [0.2, 0.25) is 0 Å². The van der Waals surface area contributed by atoms with Crippen molar-refractivity contribution in [2.45, 2.75) is 20.8 Å². The minimum atomic E-state index is -0.485. The van der Waals surface area contributed by atoms with Gasteiger partial charge in [0.1, 0.15) is 11.6 Å². The summed E-state index contributed by atoms with van der Waals surface area (Å²) in [5, 5.41) is 15.6. The van der Waals surface area contributed by atoms with Gasteiger partial charge in [0.25, 0.3) is 5.91 Å². The molecule has 0 bridgehead atoms. The number of nitrogens with zero attached hydrogens (tertiary/aromatic N) is 1. The Morgan fingerprint density at radius 2 is 1.75 bits per heavy atom. The van der Waals surface area contributed by atoms with Gasteiger partial charge in [-0.1, -0.05) is 29.8 Å². The average Bonchev–Trinajstić information content (AvgIpc) is 2.56. The van der Waals surface area contributed by atoms with Crippen molar-refractivity contribution in [3.63, 3.8) is 0 Å². The standard InChI is InChI=1S/C19H18ClN3O/c1-12-6-4-8-17(13(12)2)22-11-15(10-21)19(24)23-18-9-5-7-16(20)14(18)3/h4-9,11,22H,1-3H3,(H,23,24)/b15-11-. The van der Waals surface area contributed by atoms with Crippen LogP contribution in [0.15, 0.2) is 48.2 Å². The van der Waals surface area contributed by atoms with Crippen molar-refractivity contribution in [2.75, 3.05) is 10.6 Å². The zero-order valence-electron chi connectivity index (χ0n) is 13.8. The molecule has 0 atom stereocenters. The molecule has 0 aliphatic heterocycles. The summed E-state index contributed by atoms with van der Waals surface area (Å²) >= 11 is 6.04. The number of nitriles is 1. The van der Waals surface area contributed by atoms with Crippen LogP contribution >= 0.6 is 11.6 Å². The Bertz CT molecular complexity index is 850. The van der Waals surface area contributed by atoms with E-state index in [1.807, 2.05) is 45.0 Å². The Kier molecular flexibility index (Phi) is 5.62. The molecule has 0 spiro atoms. The van der Waals surface area contributed by atoms with Crippen LogP contribution in [0.2, 0.25) is 5.02 Å². The van der Waals surface area contributed by atoms with E-state index in [1.165, 1.54) is 6.20 Å². The molecule has 5 heteroatoms. The molecule has 4 nitrogen and oxygen atoms in total. The van der Waals surface area contributed by atoms with Crippen LogP contribution in [0.5, 0.6) is 0 Å². The van der Waals surface area contributed by atoms with Gasteiger partial charge in [-0.15, -0.1) is 0 Å². The molecular weight excluding hydrogens is 322 g/mol. The molecular formula is C19H18ClN3O. The van der Waals surface area contributed by atoms with Crippen LogP contribution in [0.4, 0.5) is 11.4 Å². The Morgan fingerprint density at radius 3 is 2.46 bits per heavy atom. The molecule has 0 unspecified atom stereocenters. The van der Waals surface area contributed by atoms with E-state index in [0.29, 0.717) is 10.7 Å². The molecule has 0 heterocycles. The second-order valence-electron chi connectivity index (χ2n) is 5.43. The minimum Gasteiger partial charge on any atom is -0.360 e. The molecule has 0 aromatic heterocycles. The number of rotatable bonds is 4. The SMILES string of the molecule is Cc1cccc(N/C=C(/C#N)C(=O)Nc2cccc(Cl)c2C)c1C. The fourth-order valence-corrected chi connectivity index (χ4v) is 2.31. The van der Waals surface area contributed by atoms with Gasteiger partial charge in [0.15, 0.2) is 0 Å². The maximum absolute atomic E-state index is 12.3. The fraction of sp³-hybridized carbons (Fsp3) is 0.158. The lowest BCUT2D eigenvalue weighted by atomic mass is 10.1. The summed E-state index contributed by atoms with van der Waals surface area (Å²) in [6, 6.07) is 13.0. The van der Waals surface area contributed by atoms with E-state index >= 15 is 0 Å². The predicted molar refractivity (Wildman–Crippen MR) is 98.1 cm³/mol. The number of hydrogen-bond donors (Lipinski definition) is 2. The molecule has 0 saturated carbocycles. The Labute approximate surface area is 146 Å². The molecule has 0 saturated heterocycles. The summed E-state index contributed by atoms with van der Waals surface area (Å²) in [4.78, 5) is 12.3. The first-order valence-electron chi connectivity index (χ1n) is 7.43. The average molecular weight is 340 g/mol. The summed E-state index contributed by atoms with van der Waals surface area (Å²) in [5.74, 6) is -0.485. The maximum Gasteiger partial charge on any atom is 0.267 e. The first kappa shape index (κ1) is 17.6. The predicted octanol–water partition coefficient (Wildman–Crippen LogP) is 4.72. The molecule has 0 aliphatic rings. The lowest BCUT2D eigenvalue weighted by Crippen LogP contribution is -2.15. The second-order valence-corrected chi connectivity index (χ2v) is 5.84. The van der Waals surface area contributed by atoms with Gasteiger partial charge in [0.05, 0.1) is 0 Å². The zero-order valence-corrected chi connectivity index (χ0v) is 14.5. The number of carbonyl (C=O) groups excluding carboxylic acids is 1. The Balaban J connectivity index is 2.18. The van der Waals surface area contributed by atoms with Crippen LogP contribution in [-0.2, 0) is 4.79 Å². The summed E-state index contributed by atoms with van der Waals surface area (Å²) in [5.41, 5.74) is 4.38. The van der Waals surface area contributed by atoms with Crippen LogP contribution in [0.25, 0.3) is 0 Å². The Hall–Kier alpha value is -2.77. The highest BCUT2D eigenvalue weighted by Gasteiger charge is 2.12. The van der Waals surface area contributed by atoms with Gasteiger partial charge in [-0.05, 0) is 55.7 Å². The lowest BCUT2D eigenvalue weighted by molar-refractivity contribution is -0.112. The number of hydrogen-bond acceptors (Lipinski definition) is 3. The largest absolute Gasteiger partial charge is 0.360 e. The molecule has 2 aromatic carbocycles. The number of anilines is 2. The van der Waals surface area contributed by atoms with Crippen molar-refractivity contribution in [3.05, 3.63) is 69.9 Å². The molecule has 0 aliphatic carbocycles. The molecule has 24 heavy (non-hydrogen) atoms. The monoisotopic (exact) mass is 339 g/mol. The highest BCUT2D eigenvalue weighted by atomic mass is 35.5. The van der Waals surface area contributed by atoms with Crippen molar-refractivity contribution in [3.8, 4) is 6.07 Å². The zero-order chi connectivity index (χ0) is 17.7. The molecule has 2 aromatic rings. The van der Waals surface area contributed by atoms with E-state index in [-0.39, 0.29) is 5.57 Å². The van der Waals surface area contributed by atoms with E-state index < -0.39 is 5.91 Å². The van der Waals surface area contributed by atoms with Crippen LogP contribution in [0.1, 0.15) is 16.7 Å². The van der Waals surface area contributed by atoms with Crippen LogP contribution in [0, 0.1) is 32.1 Å².